The number of aromatic nitrogens is 4. The minimum Gasteiger partial charge on any atom is -0.366 e. The van der Waals surface area contributed by atoms with E-state index in [1.54, 1.807) is 30.8 Å². The van der Waals surface area contributed by atoms with Crippen LogP contribution in [0.15, 0.2) is 59.4 Å². The van der Waals surface area contributed by atoms with Gasteiger partial charge >= 0.3 is 0 Å². The number of hydrogen-bond donors (Lipinski definition) is 3. The van der Waals surface area contributed by atoms with Gasteiger partial charge in [0.15, 0.2) is 5.82 Å². The molecule has 0 bridgehead atoms. The maximum absolute atomic E-state index is 13.5. The van der Waals surface area contributed by atoms with E-state index in [1.165, 1.54) is 41.9 Å². The molecule has 0 unspecified atom stereocenters. The van der Waals surface area contributed by atoms with Crippen molar-refractivity contribution in [3.05, 3.63) is 75.8 Å². The molecule has 3 aromatic heterocycles. The van der Waals surface area contributed by atoms with Crippen LogP contribution in [0, 0.1) is 11.2 Å². The van der Waals surface area contributed by atoms with Crippen LogP contribution in [-0.4, -0.2) is 37.3 Å². The van der Waals surface area contributed by atoms with Crippen LogP contribution >= 0.6 is 22.9 Å². The molecular weight excluding hydrogens is 491 g/mol. The summed E-state index contributed by atoms with van der Waals surface area (Å²) in [5.74, 6) is -0.690. The van der Waals surface area contributed by atoms with Crippen molar-refractivity contribution in [3.63, 3.8) is 0 Å². The largest absolute Gasteiger partial charge is 0.366 e. The maximum Gasteiger partial charge on any atom is 0.250 e. The number of primary amides is 1. The number of benzene rings is 1. The van der Waals surface area contributed by atoms with Crippen molar-refractivity contribution >= 4 is 57.7 Å². The van der Waals surface area contributed by atoms with Gasteiger partial charge < -0.3 is 16.5 Å². The molecular formula is C23H18ClFN8OS. The number of aliphatic imine (C=N–C) groups is 1. The number of nitrogens with zero attached hydrogens (tertiary/aromatic N) is 5. The lowest BCUT2D eigenvalue weighted by atomic mass is 10.1. The second kappa shape index (κ2) is 10.5. The molecule has 4 rings (SSSR count). The Morgan fingerprint density at radius 2 is 2.09 bits per heavy atom. The van der Waals surface area contributed by atoms with Crippen molar-refractivity contribution in [3.8, 4) is 11.1 Å². The summed E-state index contributed by atoms with van der Waals surface area (Å²) in [5, 5.41) is 13.6. The Morgan fingerprint density at radius 3 is 2.80 bits per heavy atom. The van der Waals surface area contributed by atoms with Gasteiger partial charge in [-0.15, -0.1) is 11.3 Å². The summed E-state index contributed by atoms with van der Waals surface area (Å²) in [6.45, 7) is 1.78. The van der Waals surface area contributed by atoms with Crippen LogP contribution in [0.25, 0.3) is 11.1 Å². The van der Waals surface area contributed by atoms with E-state index in [1.807, 2.05) is 0 Å². The highest BCUT2D eigenvalue weighted by Gasteiger charge is 2.14. The number of rotatable bonds is 8. The van der Waals surface area contributed by atoms with Crippen LogP contribution in [-0.2, 0) is 0 Å². The molecule has 0 radical (unpaired) electrons. The maximum atomic E-state index is 13.5. The Morgan fingerprint density at radius 1 is 1.26 bits per heavy atom. The molecule has 12 heteroatoms. The normalized spacial score (nSPS) is 11.3. The van der Waals surface area contributed by atoms with Gasteiger partial charge in [0, 0.05) is 59.1 Å². The molecule has 176 valence electrons. The summed E-state index contributed by atoms with van der Waals surface area (Å²) >= 11 is 7.24. The molecule has 0 aliphatic heterocycles. The van der Waals surface area contributed by atoms with Gasteiger partial charge in [0.1, 0.15) is 10.8 Å². The summed E-state index contributed by atoms with van der Waals surface area (Å²) in [6.07, 6.45) is 6.34. The number of hydrogen-bond acceptors (Lipinski definition) is 9. The lowest BCUT2D eigenvalue weighted by Gasteiger charge is -2.11. The molecule has 3 heterocycles. The minimum absolute atomic E-state index is 0.0456. The predicted molar refractivity (Wildman–Crippen MR) is 135 cm³/mol. The van der Waals surface area contributed by atoms with Crippen LogP contribution in [0.5, 0.6) is 0 Å². The zero-order chi connectivity index (χ0) is 24.9. The van der Waals surface area contributed by atoms with E-state index < -0.39 is 11.7 Å². The third-order valence-corrected chi connectivity index (χ3v) is 5.82. The van der Waals surface area contributed by atoms with Crippen LogP contribution in [0.2, 0.25) is 5.02 Å². The SMILES string of the molecule is CC(CC(=N)c1nccs1)=Nc1nc(Nc2ccc(F)c(Cl)c2)ncc1-c1cncc(C(N)=O)c1. The number of anilines is 2. The van der Waals surface area contributed by atoms with Gasteiger partial charge in [0.25, 0.3) is 0 Å². The molecule has 0 aliphatic rings. The second-order valence-electron chi connectivity index (χ2n) is 7.35. The number of pyridine rings is 1. The number of carbonyl (C=O) groups is 1. The fourth-order valence-electron chi connectivity index (χ4n) is 3.07. The molecule has 1 aromatic carbocycles. The van der Waals surface area contributed by atoms with Gasteiger partial charge in [-0.1, -0.05) is 11.6 Å². The smallest absolute Gasteiger partial charge is 0.250 e. The Bertz CT molecular complexity index is 1440. The van der Waals surface area contributed by atoms with E-state index in [0.717, 1.165) is 0 Å². The number of halogens is 2. The first-order valence-electron chi connectivity index (χ1n) is 10.2. The molecule has 1 amide bonds. The highest BCUT2D eigenvalue weighted by Crippen LogP contribution is 2.30. The molecule has 4 N–H and O–H groups in total. The molecule has 0 spiro atoms. The zero-order valence-electron chi connectivity index (χ0n) is 18.3. The van der Waals surface area contributed by atoms with Gasteiger partial charge in [-0.3, -0.25) is 9.78 Å². The van der Waals surface area contributed by atoms with Gasteiger partial charge in [-0.25, -0.2) is 19.4 Å². The Balaban J connectivity index is 1.72. The first kappa shape index (κ1) is 24.0. The highest BCUT2D eigenvalue weighted by atomic mass is 35.5. The van der Waals surface area contributed by atoms with Gasteiger partial charge in [0.2, 0.25) is 11.9 Å². The van der Waals surface area contributed by atoms with Gasteiger partial charge in [0.05, 0.1) is 16.3 Å². The topological polar surface area (TPSA) is 143 Å². The minimum atomic E-state index is -0.620. The second-order valence-corrected chi connectivity index (χ2v) is 8.65. The predicted octanol–water partition coefficient (Wildman–Crippen LogP) is 5.18. The lowest BCUT2D eigenvalue weighted by Crippen LogP contribution is -2.11. The molecule has 0 saturated carbocycles. The first-order valence-corrected chi connectivity index (χ1v) is 11.4. The molecule has 0 aliphatic carbocycles. The zero-order valence-corrected chi connectivity index (χ0v) is 19.9. The molecule has 0 fully saturated rings. The van der Waals surface area contributed by atoms with Crippen molar-refractivity contribution in [2.24, 2.45) is 10.7 Å². The van der Waals surface area contributed by atoms with E-state index in [0.29, 0.717) is 33.2 Å². The van der Waals surface area contributed by atoms with Gasteiger partial charge in [-0.2, -0.15) is 4.98 Å². The number of amides is 1. The third kappa shape index (κ3) is 5.89. The summed E-state index contributed by atoms with van der Waals surface area (Å²) < 4.78 is 13.5. The molecule has 0 saturated heterocycles. The van der Waals surface area contributed by atoms with Crippen LogP contribution < -0.4 is 11.1 Å². The van der Waals surface area contributed by atoms with Crippen LogP contribution in [0.3, 0.4) is 0 Å². The summed E-state index contributed by atoms with van der Waals surface area (Å²) in [6, 6.07) is 5.72. The van der Waals surface area contributed by atoms with Crippen LogP contribution in [0.4, 0.5) is 21.8 Å². The van der Waals surface area contributed by atoms with Crippen molar-refractivity contribution in [2.45, 2.75) is 13.3 Å². The van der Waals surface area contributed by atoms with Crippen molar-refractivity contribution in [2.75, 3.05) is 5.32 Å². The van der Waals surface area contributed by atoms with Crippen molar-refractivity contribution < 1.29 is 9.18 Å². The first-order chi connectivity index (χ1) is 16.8. The lowest BCUT2D eigenvalue weighted by molar-refractivity contribution is 0.1000. The summed E-state index contributed by atoms with van der Waals surface area (Å²) in [7, 11) is 0. The van der Waals surface area contributed by atoms with Crippen molar-refractivity contribution in [1.82, 2.24) is 19.9 Å². The Labute approximate surface area is 208 Å². The van der Waals surface area contributed by atoms with E-state index in [4.69, 9.17) is 22.7 Å². The van der Waals surface area contributed by atoms with E-state index in [9.17, 15) is 9.18 Å². The van der Waals surface area contributed by atoms with Crippen LogP contribution in [0.1, 0.15) is 28.7 Å². The highest BCUT2D eigenvalue weighted by molar-refractivity contribution is 7.11. The average molecular weight is 509 g/mol. The Kier molecular flexibility index (Phi) is 7.18. The third-order valence-electron chi connectivity index (χ3n) is 4.70. The average Bonchev–Trinajstić information content (AvgIpc) is 3.37. The number of carbonyl (C=O) groups excluding carboxylic acids is 1. The number of nitrogens with two attached hydrogens (primary N) is 1. The fourth-order valence-corrected chi connectivity index (χ4v) is 3.84. The molecule has 0 atom stereocenters. The van der Waals surface area contributed by atoms with Crippen molar-refractivity contribution in [1.29, 1.82) is 5.41 Å². The molecule has 4 aromatic rings. The summed E-state index contributed by atoms with van der Waals surface area (Å²) in [4.78, 5) is 33.3. The monoisotopic (exact) mass is 508 g/mol. The Hall–Kier alpha value is -4.09. The molecule has 35 heavy (non-hydrogen) atoms. The van der Waals surface area contributed by atoms with E-state index in [2.05, 4.69) is 30.2 Å². The summed E-state index contributed by atoms with van der Waals surface area (Å²) in [5.41, 5.74) is 8.09. The van der Waals surface area contributed by atoms with Gasteiger partial charge in [-0.05, 0) is 31.2 Å². The number of thiazole rings is 1. The quantitative estimate of drug-likeness (QED) is 0.280. The van der Waals surface area contributed by atoms with E-state index >= 15 is 0 Å². The van der Waals surface area contributed by atoms with E-state index in [-0.39, 0.29) is 28.8 Å². The molecule has 9 nitrogen and oxygen atoms in total. The standard InChI is InChI=1S/C23H18ClFN8OS/c1-12(6-19(26)22-29-4-5-35-22)31-21-16(13-7-14(20(27)34)10-28-9-13)11-30-23(33-21)32-15-2-3-18(25)17(24)8-15/h2-5,7-11,26H,6H2,1H3,(H2,27,34)(H,30,32,33). The number of nitrogens with one attached hydrogen (secondary N) is 2. The fraction of sp³-hybridized carbons (Fsp3) is 0.0870.